The van der Waals surface area contributed by atoms with Crippen LogP contribution >= 0.6 is 0 Å². The van der Waals surface area contributed by atoms with Gasteiger partial charge in [-0.2, -0.15) is 0 Å². The smallest absolute Gasteiger partial charge is 0.228 e. The number of amides is 1. The molecule has 0 radical (unpaired) electrons. The van der Waals surface area contributed by atoms with E-state index < -0.39 is 0 Å². The standard InChI is InChI=1S/C20H17N3O/c1-12-6-5-9-16-13(12)10-18-14-11-19(24)22(2)20(14)21-15-7-3-4-8-17(15)23(16)18/h3-10,14H,11H2,1-2H3. The Hall–Kier alpha value is -2.88. The molecule has 1 aromatic heterocycles. The summed E-state index contributed by atoms with van der Waals surface area (Å²) in [4.78, 5) is 18.9. The second kappa shape index (κ2) is 4.57. The summed E-state index contributed by atoms with van der Waals surface area (Å²) >= 11 is 0. The van der Waals surface area contributed by atoms with E-state index in [1.807, 2.05) is 25.2 Å². The van der Waals surface area contributed by atoms with Crippen molar-refractivity contribution in [2.45, 2.75) is 19.3 Å². The summed E-state index contributed by atoms with van der Waals surface area (Å²) in [7, 11) is 1.83. The number of hydrogen-bond acceptors (Lipinski definition) is 2. The van der Waals surface area contributed by atoms with Crippen molar-refractivity contribution >= 4 is 28.3 Å². The monoisotopic (exact) mass is 315 g/mol. The molecule has 0 saturated carbocycles. The highest BCUT2D eigenvalue weighted by Crippen LogP contribution is 2.42. The number of carbonyl (C=O) groups excluding carboxylic acids is 1. The first kappa shape index (κ1) is 13.5. The van der Waals surface area contributed by atoms with Gasteiger partial charge < -0.3 is 9.47 Å². The van der Waals surface area contributed by atoms with Gasteiger partial charge in [0.15, 0.2) is 0 Å². The van der Waals surface area contributed by atoms with Crippen molar-refractivity contribution in [3.63, 3.8) is 0 Å². The van der Waals surface area contributed by atoms with Gasteiger partial charge in [-0.1, -0.05) is 24.3 Å². The molecule has 0 bridgehead atoms. The number of carbonyl (C=O) groups is 1. The van der Waals surface area contributed by atoms with E-state index in [0.717, 1.165) is 22.9 Å². The summed E-state index contributed by atoms with van der Waals surface area (Å²) in [6.45, 7) is 2.13. The van der Waals surface area contributed by atoms with Crippen LogP contribution in [0.4, 0.5) is 5.69 Å². The van der Waals surface area contributed by atoms with Crippen molar-refractivity contribution in [2.75, 3.05) is 7.05 Å². The van der Waals surface area contributed by atoms with Crippen LogP contribution < -0.4 is 0 Å². The van der Waals surface area contributed by atoms with E-state index >= 15 is 0 Å². The number of aryl methyl sites for hydroxylation is 1. The minimum Gasteiger partial charge on any atom is -0.311 e. The molecule has 4 nitrogen and oxygen atoms in total. The predicted octanol–water partition coefficient (Wildman–Crippen LogP) is 3.93. The minimum atomic E-state index is 0.0155. The number of fused-ring (bicyclic) bond motifs is 7. The fourth-order valence-electron chi connectivity index (χ4n) is 3.95. The van der Waals surface area contributed by atoms with Crippen molar-refractivity contribution in [2.24, 2.45) is 4.99 Å². The molecule has 1 amide bonds. The van der Waals surface area contributed by atoms with Gasteiger partial charge in [-0.25, -0.2) is 4.99 Å². The summed E-state index contributed by atoms with van der Waals surface area (Å²) < 4.78 is 2.28. The molecule has 2 aliphatic heterocycles. The third kappa shape index (κ3) is 1.63. The van der Waals surface area contributed by atoms with Gasteiger partial charge in [-0.15, -0.1) is 0 Å². The van der Waals surface area contributed by atoms with E-state index in [1.54, 1.807) is 4.90 Å². The Kier molecular flexibility index (Phi) is 2.58. The average molecular weight is 315 g/mol. The number of nitrogens with zero attached hydrogens (tertiary/aromatic N) is 3. The molecule has 2 aromatic carbocycles. The quantitative estimate of drug-likeness (QED) is 0.619. The van der Waals surface area contributed by atoms with E-state index in [-0.39, 0.29) is 11.8 Å². The number of benzene rings is 2. The molecule has 0 spiro atoms. The van der Waals surface area contributed by atoms with Gasteiger partial charge in [-0.3, -0.25) is 4.79 Å². The maximum absolute atomic E-state index is 12.3. The number of likely N-dealkylation sites (tertiary alicyclic amines) is 1. The van der Waals surface area contributed by atoms with Crippen LogP contribution in [-0.2, 0) is 4.79 Å². The second-order valence-electron chi connectivity index (χ2n) is 6.58. The summed E-state index contributed by atoms with van der Waals surface area (Å²) in [5.74, 6) is 1.00. The minimum absolute atomic E-state index is 0.0155. The Morgan fingerprint density at radius 2 is 1.96 bits per heavy atom. The lowest BCUT2D eigenvalue weighted by Crippen LogP contribution is -2.25. The molecule has 1 saturated heterocycles. The zero-order chi connectivity index (χ0) is 16.4. The van der Waals surface area contributed by atoms with Gasteiger partial charge in [0, 0.05) is 24.5 Å². The zero-order valence-corrected chi connectivity index (χ0v) is 13.7. The summed E-state index contributed by atoms with van der Waals surface area (Å²) in [5.41, 5.74) is 5.57. The number of para-hydroxylation sites is 2. The number of likely N-dealkylation sites (N-methyl/N-ethyl adjacent to an activating group) is 1. The predicted molar refractivity (Wildman–Crippen MR) is 95.2 cm³/mol. The zero-order valence-electron chi connectivity index (χ0n) is 13.7. The lowest BCUT2D eigenvalue weighted by Gasteiger charge is -2.13. The van der Waals surface area contributed by atoms with Crippen LogP contribution in [-0.4, -0.2) is 28.3 Å². The number of hydrogen-bond donors (Lipinski definition) is 0. The lowest BCUT2D eigenvalue weighted by atomic mass is 10.0. The van der Waals surface area contributed by atoms with Crippen LogP contribution in [0.3, 0.4) is 0 Å². The molecule has 3 heterocycles. The topological polar surface area (TPSA) is 37.6 Å². The van der Waals surface area contributed by atoms with Crippen LogP contribution in [0.2, 0.25) is 0 Å². The van der Waals surface area contributed by atoms with Gasteiger partial charge in [0.25, 0.3) is 0 Å². The van der Waals surface area contributed by atoms with E-state index in [0.29, 0.717) is 6.42 Å². The Bertz CT molecular complexity index is 1040. The summed E-state index contributed by atoms with van der Waals surface area (Å²) in [6.07, 6.45) is 0.485. The summed E-state index contributed by atoms with van der Waals surface area (Å²) in [6, 6.07) is 16.8. The van der Waals surface area contributed by atoms with Crippen molar-refractivity contribution in [1.82, 2.24) is 9.47 Å². The Morgan fingerprint density at radius 1 is 1.12 bits per heavy atom. The molecule has 4 heteroatoms. The molecular formula is C20H17N3O. The Morgan fingerprint density at radius 3 is 2.83 bits per heavy atom. The van der Waals surface area contributed by atoms with Gasteiger partial charge in [-0.05, 0) is 36.8 Å². The Balaban J connectivity index is 1.94. The molecule has 0 aliphatic carbocycles. The van der Waals surface area contributed by atoms with Crippen LogP contribution in [0.25, 0.3) is 16.6 Å². The molecule has 1 atom stereocenters. The van der Waals surface area contributed by atoms with Gasteiger partial charge in [0.05, 0.1) is 22.8 Å². The van der Waals surface area contributed by atoms with Crippen LogP contribution in [0, 0.1) is 6.92 Å². The number of rotatable bonds is 0. The molecule has 118 valence electrons. The van der Waals surface area contributed by atoms with E-state index in [1.165, 1.54) is 16.5 Å². The average Bonchev–Trinajstić information content (AvgIpc) is 3.05. The number of amidine groups is 1. The first-order valence-electron chi connectivity index (χ1n) is 8.20. The molecule has 2 aliphatic rings. The van der Waals surface area contributed by atoms with Crippen molar-refractivity contribution in [3.05, 3.63) is 59.8 Å². The van der Waals surface area contributed by atoms with Crippen LogP contribution in [0.1, 0.15) is 23.6 Å². The fraction of sp³-hybridized carbons (Fsp3) is 0.200. The van der Waals surface area contributed by atoms with Crippen molar-refractivity contribution in [3.8, 4) is 5.69 Å². The molecule has 1 unspecified atom stereocenters. The SMILES string of the molecule is Cc1cccc2c1cc1n2-c2ccccc2N=C2C1CC(=O)N2C. The highest BCUT2D eigenvalue weighted by molar-refractivity contribution is 6.10. The fourth-order valence-corrected chi connectivity index (χ4v) is 3.95. The van der Waals surface area contributed by atoms with Crippen LogP contribution in [0.5, 0.6) is 0 Å². The van der Waals surface area contributed by atoms with Gasteiger partial charge in [0.2, 0.25) is 5.91 Å². The molecule has 24 heavy (non-hydrogen) atoms. The first-order chi connectivity index (χ1) is 11.6. The lowest BCUT2D eigenvalue weighted by molar-refractivity contribution is -0.124. The number of aliphatic imine (C=N–C) groups is 1. The maximum atomic E-state index is 12.3. The molecule has 1 fully saturated rings. The van der Waals surface area contributed by atoms with E-state index in [9.17, 15) is 4.79 Å². The largest absolute Gasteiger partial charge is 0.311 e. The van der Waals surface area contributed by atoms with Crippen LogP contribution in [0.15, 0.2) is 53.5 Å². The molecule has 5 rings (SSSR count). The van der Waals surface area contributed by atoms with Crippen molar-refractivity contribution in [1.29, 1.82) is 0 Å². The molecule has 0 N–H and O–H groups in total. The summed E-state index contributed by atoms with van der Waals surface area (Å²) in [5, 5.41) is 1.24. The third-order valence-electron chi connectivity index (χ3n) is 5.22. The highest BCUT2D eigenvalue weighted by Gasteiger charge is 2.39. The molecular weight excluding hydrogens is 298 g/mol. The maximum Gasteiger partial charge on any atom is 0.228 e. The molecule has 3 aromatic rings. The third-order valence-corrected chi connectivity index (χ3v) is 5.22. The van der Waals surface area contributed by atoms with Gasteiger partial charge >= 0.3 is 0 Å². The number of aromatic nitrogens is 1. The second-order valence-corrected chi connectivity index (χ2v) is 6.58. The first-order valence-corrected chi connectivity index (χ1v) is 8.20. The Labute approximate surface area is 140 Å². The van der Waals surface area contributed by atoms with E-state index in [4.69, 9.17) is 4.99 Å². The highest BCUT2D eigenvalue weighted by atomic mass is 16.2. The normalized spacial score (nSPS) is 18.9. The van der Waals surface area contributed by atoms with Crippen molar-refractivity contribution < 1.29 is 4.79 Å². The van der Waals surface area contributed by atoms with Gasteiger partial charge in [0.1, 0.15) is 5.84 Å². The van der Waals surface area contributed by atoms with E-state index in [2.05, 4.69) is 41.8 Å².